The third-order valence-electron chi connectivity index (χ3n) is 2.45. The first-order valence-corrected chi connectivity index (χ1v) is 5.33. The molecule has 1 fully saturated rings. The fourth-order valence-corrected chi connectivity index (χ4v) is 1.61. The largest absolute Gasteiger partial charge is 0.377 e. The molecule has 82 valence electrons. The number of nitrogens with zero attached hydrogens (tertiary/aromatic N) is 1. The Labute approximate surface area is 85.6 Å². The van der Waals surface area contributed by atoms with Gasteiger partial charge in [0, 0.05) is 19.5 Å². The first-order chi connectivity index (χ1) is 6.75. The third kappa shape index (κ3) is 3.27. The topological polar surface area (TPSA) is 41.6 Å². The van der Waals surface area contributed by atoms with Crippen LogP contribution in [0.2, 0.25) is 0 Å². The molecule has 0 saturated carbocycles. The van der Waals surface area contributed by atoms with Crippen LogP contribution in [0.15, 0.2) is 0 Å². The summed E-state index contributed by atoms with van der Waals surface area (Å²) in [6, 6.07) is 0.234. The molecule has 0 bridgehead atoms. The molecule has 1 N–H and O–H groups in total. The van der Waals surface area contributed by atoms with Gasteiger partial charge in [0.05, 0.1) is 19.3 Å². The van der Waals surface area contributed by atoms with E-state index in [1.807, 2.05) is 18.7 Å². The number of hydrogen-bond donors (Lipinski definition) is 1. The molecular formula is C10H20N2O2. The Morgan fingerprint density at radius 2 is 2.43 bits per heavy atom. The molecule has 14 heavy (non-hydrogen) atoms. The molecule has 1 aliphatic heterocycles. The standard InChI is InChI=1S/C10H20N2O2/c1-3-11-5-4-10(13)12-6-7-14-8-9(12)2/h9,11H,3-8H2,1-2H3. The zero-order valence-corrected chi connectivity index (χ0v) is 9.08. The van der Waals surface area contributed by atoms with E-state index >= 15 is 0 Å². The molecule has 4 nitrogen and oxygen atoms in total. The second-order valence-electron chi connectivity index (χ2n) is 3.61. The number of morpholine rings is 1. The van der Waals surface area contributed by atoms with E-state index in [9.17, 15) is 4.79 Å². The monoisotopic (exact) mass is 200 g/mol. The SMILES string of the molecule is CCNCCC(=O)N1CCOCC1C. The van der Waals surface area contributed by atoms with Crippen molar-refractivity contribution in [3.05, 3.63) is 0 Å². The number of rotatable bonds is 4. The summed E-state index contributed by atoms with van der Waals surface area (Å²) in [5.74, 6) is 0.238. The van der Waals surface area contributed by atoms with Crippen LogP contribution >= 0.6 is 0 Å². The summed E-state index contributed by atoms with van der Waals surface area (Å²) in [4.78, 5) is 13.6. The van der Waals surface area contributed by atoms with Gasteiger partial charge in [-0.2, -0.15) is 0 Å². The van der Waals surface area contributed by atoms with Crippen molar-refractivity contribution in [2.75, 3.05) is 32.8 Å². The maximum atomic E-state index is 11.7. The summed E-state index contributed by atoms with van der Waals surface area (Å²) in [5.41, 5.74) is 0. The molecule has 0 aliphatic carbocycles. The van der Waals surface area contributed by atoms with Gasteiger partial charge in [0.25, 0.3) is 0 Å². The molecule has 1 aliphatic rings. The molecule has 1 rings (SSSR count). The fraction of sp³-hybridized carbons (Fsp3) is 0.900. The van der Waals surface area contributed by atoms with Crippen molar-refractivity contribution in [3.8, 4) is 0 Å². The van der Waals surface area contributed by atoms with Crippen LogP contribution in [0.3, 0.4) is 0 Å². The summed E-state index contributed by atoms with van der Waals surface area (Å²) in [5, 5.41) is 3.15. The highest BCUT2D eigenvalue weighted by Gasteiger charge is 2.22. The lowest BCUT2D eigenvalue weighted by molar-refractivity contribution is -0.138. The highest BCUT2D eigenvalue weighted by atomic mass is 16.5. The zero-order valence-electron chi connectivity index (χ0n) is 9.08. The van der Waals surface area contributed by atoms with Crippen LogP contribution in [0.1, 0.15) is 20.3 Å². The quantitative estimate of drug-likeness (QED) is 0.661. The molecule has 1 saturated heterocycles. The highest BCUT2D eigenvalue weighted by molar-refractivity contribution is 5.76. The van der Waals surface area contributed by atoms with E-state index in [2.05, 4.69) is 5.32 Å². The number of nitrogens with one attached hydrogen (secondary N) is 1. The lowest BCUT2D eigenvalue weighted by Crippen LogP contribution is -2.47. The minimum absolute atomic E-state index is 0.234. The smallest absolute Gasteiger partial charge is 0.224 e. The fourth-order valence-electron chi connectivity index (χ4n) is 1.61. The van der Waals surface area contributed by atoms with E-state index in [1.54, 1.807) is 0 Å². The summed E-state index contributed by atoms with van der Waals surface area (Å²) in [6.45, 7) is 7.87. The second kappa shape index (κ2) is 5.98. The van der Waals surface area contributed by atoms with Crippen LogP contribution in [0.25, 0.3) is 0 Å². The predicted molar refractivity (Wildman–Crippen MR) is 55.2 cm³/mol. The molecule has 0 aromatic carbocycles. The summed E-state index contributed by atoms with van der Waals surface area (Å²) < 4.78 is 5.28. The van der Waals surface area contributed by atoms with Crippen molar-refractivity contribution < 1.29 is 9.53 Å². The average Bonchev–Trinajstić information content (AvgIpc) is 2.18. The van der Waals surface area contributed by atoms with Gasteiger partial charge in [0.1, 0.15) is 0 Å². The lowest BCUT2D eigenvalue weighted by atomic mass is 10.2. The van der Waals surface area contributed by atoms with E-state index in [4.69, 9.17) is 4.74 Å². The molecule has 0 aromatic rings. The Balaban J connectivity index is 2.27. The van der Waals surface area contributed by atoms with E-state index in [1.165, 1.54) is 0 Å². The van der Waals surface area contributed by atoms with Gasteiger partial charge < -0.3 is 15.0 Å². The van der Waals surface area contributed by atoms with Gasteiger partial charge in [-0.1, -0.05) is 6.92 Å². The highest BCUT2D eigenvalue weighted by Crippen LogP contribution is 2.07. The van der Waals surface area contributed by atoms with Crippen molar-refractivity contribution in [1.82, 2.24) is 10.2 Å². The normalized spacial score (nSPS) is 22.4. The van der Waals surface area contributed by atoms with Crippen molar-refractivity contribution in [1.29, 1.82) is 0 Å². The first kappa shape index (κ1) is 11.5. The average molecular weight is 200 g/mol. The number of amides is 1. The Hall–Kier alpha value is -0.610. The van der Waals surface area contributed by atoms with Gasteiger partial charge in [0.15, 0.2) is 0 Å². The van der Waals surface area contributed by atoms with Crippen LogP contribution < -0.4 is 5.32 Å². The molecule has 1 heterocycles. The molecule has 4 heteroatoms. The van der Waals surface area contributed by atoms with Gasteiger partial charge >= 0.3 is 0 Å². The van der Waals surface area contributed by atoms with Crippen LogP contribution in [0, 0.1) is 0 Å². The van der Waals surface area contributed by atoms with Crippen LogP contribution in [-0.2, 0) is 9.53 Å². The summed E-state index contributed by atoms with van der Waals surface area (Å²) in [7, 11) is 0. The number of carbonyl (C=O) groups is 1. The summed E-state index contributed by atoms with van der Waals surface area (Å²) >= 11 is 0. The molecule has 0 spiro atoms. The molecular weight excluding hydrogens is 180 g/mol. The zero-order chi connectivity index (χ0) is 10.4. The van der Waals surface area contributed by atoms with Crippen molar-refractivity contribution >= 4 is 5.91 Å². The maximum absolute atomic E-state index is 11.7. The number of carbonyl (C=O) groups excluding carboxylic acids is 1. The van der Waals surface area contributed by atoms with Crippen LogP contribution in [-0.4, -0.2) is 49.7 Å². The van der Waals surface area contributed by atoms with Gasteiger partial charge in [-0.3, -0.25) is 4.79 Å². The minimum atomic E-state index is 0.234. The van der Waals surface area contributed by atoms with E-state index in [0.29, 0.717) is 19.6 Å². The van der Waals surface area contributed by atoms with Crippen molar-refractivity contribution in [2.45, 2.75) is 26.3 Å². The number of ether oxygens (including phenoxy) is 1. The third-order valence-corrected chi connectivity index (χ3v) is 2.45. The Bertz CT molecular complexity index is 185. The molecule has 1 atom stereocenters. The minimum Gasteiger partial charge on any atom is -0.377 e. The van der Waals surface area contributed by atoms with E-state index < -0.39 is 0 Å². The summed E-state index contributed by atoms with van der Waals surface area (Å²) in [6.07, 6.45) is 0.595. The molecule has 1 amide bonds. The number of hydrogen-bond acceptors (Lipinski definition) is 3. The first-order valence-electron chi connectivity index (χ1n) is 5.33. The molecule has 0 aromatic heterocycles. The van der Waals surface area contributed by atoms with Crippen molar-refractivity contribution in [2.24, 2.45) is 0 Å². The lowest BCUT2D eigenvalue weighted by Gasteiger charge is -2.33. The van der Waals surface area contributed by atoms with Gasteiger partial charge in [-0.25, -0.2) is 0 Å². The Morgan fingerprint density at radius 3 is 3.07 bits per heavy atom. The van der Waals surface area contributed by atoms with Gasteiger partial charge in [-0.15, -0.1) is 0 Å². The van der Waals surface area contributed by atoms with Crippen LogP contribution in [0.4, 0.5) is 0 Å². The maximum Gasteiger partial charge on any atom is 0.224 e. The second-order valence-corrected chi connectivity index (χ2v) is 3.61. The van der Waals surface area contributed by atoms with E-state index in [-0.39, 0.29) is 11.9 Å². The predicted octanol–water partition coefficient (Wildman–Crippen LogP) is 0.233. The molecule has 0 radical (unpaired) electrons. The van der Waals surface area contributed by atoms with Gasteiger partial charge in [0.2, 0.25) is 5.91 Å². The van der Waals surface area contributed by atoms with Gasteiger partial charge in [-0.05, 0) is 13.5 Å². The molecule has 1 unspecified atom stereocenters. The van der Waals surface area contributed by atoms with Crippen LogP contribution in [0.5, 0.6) is 0 Å². The van der Waals surface area contributed by atoms with E-state index in [0.717, 1.165) is 19.6 Å². The van der Waals surface area contributed by atoms with Crippen molar-refractivity contribution in [3.63, 3.8) is 0 Å². The Morgan fingerprint density at radius 1 is 1.64 bits per heavy atom. The Kier molecular flexibility index (Phi) is 4.90.